The summed E-state index contributed by atoms with van der Waals surface area (Å²) in [7, 11) is -0.686. The maximum absolute atomic E-state index is 12.6. The molecule has 0 atom stereocenters. The number of hydrogen-bond donors (Lipinski definition) is 1. The number of hydrogen-bond acceptors (Lipinski definition) is 5. The average molecular weight is 375 g/mol. The molecule has 0 aliphatic rings. The highest BCUT2D eigenvalue weighted by atomic mass is 32.2. The Hall–Kier alpha value is -1.61. The molecule has 1 heterocycles. The molecule has 0 unspecified atom stereocenters. The number of carbonyl (C=O) groups is 1. The van der Waals surface area contributed by atoms with E-state index in [1.54, 1.807) is 27.0 Å². The van der Waals surface area contributed by atoms with Gasteiger partial charge in [0, 0.05) is 39.7 Å². The first-order chi connectivity index (χ1) is 11.5. The molecule has 0 fully saturated rings. The number of aryl methyl sites for hydroxylation is 1. The smallest absolute Gasteiger partial charge is 0.407 e. The lowest BCUT2D eigenvalue weighted by Crippen LogP contribution is -2.35. The fourth-order valence-corrected chi connectivity index (χ4v) is 3.30. The summed E-state index contributed by atoms with van der Waals surface area (Å²) in [6.45, 7) is 7.65. The minimum atomic E-state index is -3.66. The van der Waals surface area contributed by atoms with Gasteiger partial charge in [-0.05, 0) is 27.2 Å². The number of imidazole rings is 1. The zero-order valence-corrected chi connectivity index (χ0v) is 16.8. The first-order valence-electron chi connectivity index (χ1n) is 8.44. The molecule has 0 aromatic carbocycles. The molecule has 1 aromatic heterocycles. The van der Waals surface area contributed by atoms with E-state index in [0.717, 1.165) is 17.1 Å². The number of rotatable bonds is 8. The fourth-order valence-electron chi connectivity index (χ4n) is 2.14. The van der Waals surface area contributed by atoms with Crippen LogP contribution in [0.15, 0.2) is 6.20 Å². The number of alkyl carbamates (subject to hydrolysis) is 1. The van der Waals surface area contributed by atoms with Crippen LogP contribution in [-0.4, -0.2) is 54.0 Å². The minimum absolute atomic E-state index is 0.261. The van der Waals surface area contributed by atoms with Crippen molar-refractivity contribution in [3.05, 3.63) is 17.7 Å². The Kier molecular flexibility index (Phi) is 7.43. The van der Waals surface area contributed by atoms with Gasteiger partial charge in [-0.3, -0.25) is 0 Å². The molecular weight excluding hydrogens is 344 g/mol. The van der Waals surface area contributed by atoms with E-state index in [4.69, 9.17) is 4.74 Å². The molecule has 0 saturated carbocycles. The highest BCUT2D eigenvalue weighted by Gasteiger charge is 2.24. The van der Waals surface area contributed by atoms with Gasteiger partial charge in [0.15, 0.2) is 0 Å². The summed E-state index contributed by atoms with van der Waals surface area (Å²) in [5.74, 6) is 0.516. The summed E-state index contributed by atoms with van der Waals surface area (Å²) in [5.41, 5.74) is -0.0381. The summed E-state index contributed by atoms with van der Waals surface area (Å²) in [6.07, 6.45) is 3.76. The molecule has 0 aliphatic heterocycles. The molecule has 1 aromatic rings. The molecule has 1 rings (SSSR count). The molecule has 8 nitrogen and oxygen atoms in total. The number of ether oxygens (including phenoxy) is 1. The Labute approximate surface area is 150 Å². The second-order valence-corrected chi connectivity index (χ2v) is 8.99. The summed E-state index contributed by atoms with van der Waals surface area (Å²) >= 11 is 0. The fraction of sp³-hybridized carbons (Fsp3) is 0.750. The van der Waals surface area contributed by atoms with Crippen molar-refractivity contribution in [2.24, 2.45) is 0 Å². The zero-order chi connectivity index (χ0) is 19.3. The second kappa shape index (κ2) is 8.66. The van der Waals surface area contributed by atoms with Gasteiger partial charge in [0.1, 0.15) is 11.4 Å². The highest BCUT2D eigenvalue weighted by Crippen LogP contribution is 2.15. The van der Waals surface area contributed by atoms with Crippen LogP contribution in [0.4, 0.5) is 4.79 Å². The van der Waals surface area contributed by atoms with Crippen LogP contribution in [0.1, 0.15) is 52.1 Å². The molecule has 25 heavy (non-hydrogen) atoms. The van der Waals surface area contributed by atoms with Gasteiger partial charge in [-0.2, -0.15) is 12.7 Å². The van der Waals surface area contributed by atoms with Crippen molar-refractivity contribution >= 4 is 16.3 Å². The van der Waals surface area contributed by atoms with Crippen LogP contribution in [0.2, 0.25) is 0 Å². The Morgan fingerprint density at radius 2 is 1.96 bits per heavy atom. The third-order valence-electron chi connectivity index (χ3n) is 3.35. The molecule has 144 valence electrons. The number of unbranched alkanes of at least 4 members (excludes halogenated alkanes) is 1. The molecular formula is C16H30N4O4S. The minimum Gasteiger partial charge on any atom is -0.444 e. The predicted molar refractivity (Wildman–Crippen MR) is 96.8 cm³/mol. The van der Waals surface area contributed by atoms with Crippen molar-refractivity contribution in [2.75, 3.05) is 20.6 Å². The van der Waals surface area contributed by atoms with Crippen molar-refractivity contribution < 1.29 is 17.9 Å². The monoisotopic (exact) mass is 374 g/mol. The van der Waals surface area contributed by atoms with Gasteiger partial charge >= 0.3 is 16.3 Å². The maximum atomic E-state index is 12.6. The van der Waals surface area contributed by atoms with Gasteiger partial charge < -0.3 is 10.1 Å². The standard InChI is InChI=1S/C16H30N4O4S/c1-7-8-9-14-18-12-13(20(14)25(22,23)19(5)6)10-11-17-15(21)24-16(2,3)4/h12H,7-11H2,1-6H3,(H,17,21). The molecule has 0 radical (unpaired) electrons. The van der Waals surface area contributed by atoms with Gasteiger partial charge in [0.05, 0.1) is 5.69 Å². The van der Waals surface area contributed by atoms with Crippen molar-refractivity contribution in [3.8, 4) is 0 Å². The van der Waals surface area contributed by atoms with Crippen molar-refractivity contribution in [2.45, 2.75) is 59.0 Å². The van der Waals surface area contributed by atoms with Crippen molar-refractivity contribution in [1.82, 2.24) is 18.6 Å². The summed E-state index contributed by atoms with van der Waals surface area (Å²) in [5, 5.41) is 2.64. The number of nitrogens with one attached hydrogen (secondary N) is 1. The number of aromatic nitrogens is 2. The summed E-state index contributed by atoms with van der Waals surface area (Å²) in [4.78, 5) is 16.0. The van der Waals surface area contributed by atoms with Crippen LogP contribution in [0.25, 0.3) is 0 Å². The van der Waals surface area contributed by atoms with Crippen LogP contribution in [0.5, 0.6) is 0 Å². The van der Waals surface area contributed by atoms with Crippen LogP contribution >= 0.6 is 0 Å². The quantitative estimate of drug-likeness (QED) is 0.750. The van der Waals surface area contributed by atoms with Gasteiger partial charge in [-0.25, -0.2) is 13.8 Å². The highest BCUT2D eigenvalue weighted by molar-refractivity contribution is 7.87. The first-order valence-corrected chi connectivity index (χ1v) is 9.84. The molecule has 1 N–H and O–H groups in total. The third kappa shape index (κ3) is 6.32. The van der Waals surface area contributed by atoms with Crippen LogP contribution < -0.4 is 5.32 Å². The van der Waals surface area contributed by atoms with Gasteiger partial charge in [0.2, 0.25) is 0 Å². The van der Waals surface area contributed by atoms with Gasteiger partial charge in [0.25, 0.3) is 0 Å². The normalized spacial score (nSPS) is 12.4. The van der Waals surface area contributed by atoms with Crippen LogP contribution in [0, 0.1) is 0 Å². The third-order valence-corrected chi connectivity index (χ3v) is 5.18. The van der Waals surface area contributed by atoms with E-state index in [0.29, 0.717) is 24.4 Å². The molecule has 1 amide bonds. The Morgan fingerprint density at radius 3 is 2.48 bits per heavy atom. The van der Waals surface area contributed by atoms with Crippen molar-refractivity contribution in [1.29, 1.82) is 0 Å². The Morgan fingerprint density at radius 1 is 1.32 bits per heavy atom. The van der Waals surface area contributed by atoms with Gasteiger partial charge in [-0.1, -0.05) is 13.3 Å². The zero-order valence-electron chi connectivity index (χ0n) is 16.0. The molecule has 0 saturated heterocycles. The maximum Gasteiger partial charge on any atom is 0.407 e. The summed E-state index contributed by atoms with van der Waals surface area (Å²) in [6, 6.07) is 0. The molecule has 9 heteroatoms. The summed E-state index contributed by atoms with van der Waals surface area (Å²) < 4.78 is 32.8. The largest absolute Gasteiger partial charge is 0.444 e. The topological polar surface area (TPSA) is 93.5 Å². The average Bonchev–Trinajstić information content (AvgIpc) is 2.86. The SMILES string of the molecule is CCCCc1ncc(CCNC(=O)OC(C)(C)C)n1S(=O)(=O)N(C)C. The Balaban J connectivity index is 2.89. The lowest BCUT2D eigenvalue weighted by atomic mass is 10.2. The van der Waals surface area contributed by atoms with E-state index < -0.39 is 21.9 Å². The molecule has 0 aliphatic carbocycles. The number of nitrogens with zero attached hydrogens (tertiary/aromatic N) is 3. The lowest BCUT2D eigenvalue weighted by molar-refractivity contribution is 0.0528. The number of amides is 1. The van der Waals surface area contributed by atoms with Crippen LogP contribution in [-0.2, 0) is 27.8 Å². The van der Waals surface area contributed by atoms with Crippen molar-refractivity contribution in [3.63, 3.8) is 0 Å². The van der Waals surface area contributed by atoms with E-state index in [2.05, 4.69) is 10.3 Å². The second-order valence-electron chi connectivity index (χ2n) is 7.00. The predicted octanol–water partition coefficient (Wildman–Crippen LogP) is 1.95. The van der Waals surface area contributed by atoms with E-state index in [9.17, 15) is 13.2 Å². The van der Waals surface area contributed by atoms with E-state index >= 15 is 0 Å². The van der Waals surface area contributed by atoms with Gasteiger partial charge in [-0.15, -0.1) is 0 Å². The Bertz CT molecular complexity index is 675. The van der Waals surface area contributed by atoms with E-state index in [-0.39, 0.29) is 6.54 Å². The van der Waals surface area contributed by atoms with E-state index in [1.807, 2.05) is 6.92 Å². The van der Waals surface area contributed by atoms with E-state index in [1.165, 1.54) is 18.1 Å². The van der Waals surface area contributed by atoms with Crippen LogP contribution in [0.3, 0.4) is 0 Å². The molecule has 0 spiro atoms. The first kappa shape index (κ1) is 21.4. The lowest BCUT2D eigenvalue weighted by Gasteiger charge is -2.20. The molecule has 0 bridgehead atoms. The number of carbonyl (C=O) groups excluding carboxylic acids is 1.